The average Bonchev–Trinajstić information content (AvgIpc) is 3.34. The molecule has 0 radical (unpaired) electrons. The second-order valence-electron chi connectivity index (χ2n) is 8.73. The predicted octanol–water partition coefficient (Wildman–Crippen LogP) is 4.81. The van der Waals surface area contributed by atoms with Crippen molar-refractivity contribution in [1.29, 1.82) is 0 Å². The van der Waals surface area contributed by atoms with E-state index < -0.39 is 23.5 Å². The summed E-state index contributed by atoms with van der Waals surface area (Å²) >= 11 is 0. The third-order valence-electron chi connectivity index (χ3n) is 6.38. The van der Waals surface area contributed by atoms with E-state index in [1.807, 2.05) is 37.3 Å². The van der Waals surface area contributed by atoms with Crippen molar-refractivity contribution in [1.82, 2.24) is 4.90 Å². The molecule has 0 aliphatic carbocycles. The largest absolute Gasteiger partial charge is 0.507 e. The van der Waals surface area contributed by atoms with Gasteiger partial charge < -0.3 is 14.7 Å². The number of amides is 1. The van der Waals surface area contributed by atoms with E-state index in [4.69, 9.17) is 4.74 Å². The molecule has 2 aliphatic heterocycles. The van der Waals surface area contributed by atoms with Crippen LogP contribution < -0.4 is 4.74 Å². The highest BCUT2D eigenvalue weighted by atomic mass is 19.1. The first-order valence-electron chi connectivity index (χ1n) is 11.3. The van der Waals surface area contributed by atoms with E-state index in [1.54, 1.807) is 30.3 Å². The molecule has 0 spiro atoms. The quantitative estimate of drug-likeness (QED) is 0.339. The minimum absolute atomic E-state index is 0.0107. The van der Waals surface area contributed by atoms with Crippen LogP contribution in [0, 0.1) is 5.82 Å². The van der Waals surface area contributed by atoms with Crippen molar-refractivity contribution in [2.24, 2.45) is 0 Å². The molecule has 2 aliphatic rings. The molecule has 2 atom stereocenters. The van der Waals surface area contributed by atoms with Gasteiger partial charge in [-0.1, -0.05) is 42.5 Å². The Hall–Kier alpha value is -3.93. The van der Waals surface area contributed by atoms with Crippen LogP contribution in [0.2, 0.25) is 0 Å². The molecular weight excluding hydrogens is 433 g/mol. The maximum Gasteiger partial charge on any atom is 0.295 e. The summed E-state index contributed by atoms with van der Waals surface area (Å²) in [5.41, 5.74) is 2.98. The molecule has 2 unspecified atom stereocenters. The van der Waals surface area contributed by atoms with Crippen LogP contribution >= 0.6 is 0 Å². The van der Waals surface area contributed by atoms with Crippen molar-refractivity contribution < 1.29 is 23.8 Å². The number of hydrogen-bond acceptors (Lipinski definition) is 4. The van der Waals surface area contributed by atoms with E-state index in [0.29, 0.717) is 24.0 Å². The molecule has 1 amide bonds. The second kappa shape index (κ2) is 8.78. The fraction of sp³-hybridized carbons (Fsp3) is 0.214. The summed E-state index contributed by atoms with van der Waals surface area (Å²) in [6, 6.07) is 19.8. The van der Waals surface area contributed by atoms with Crippen molar-refractivity contribution in [2.45, 2.75) is 31.9 Å². The molecule has 5 nitrogen and oxygen atoms in total. The SMILES string of the molecule is CC1Cc2cc(C(O)=C3C(=O)C(=O)N(CCc4ccccc4)C3c3ccc(F)cc3)ccc2O1. The second-order valence-corrected chi connectivity index (χ2v) is 8.73. The number of ketones is 1. The standard InChI is InChI=1S/C28H24FNO4/c1-17-15-21-16-20(9-12-23(21)34-17)26(31)24-25(19-7-10-22(29)11-8-19)30(28(33)27(24)32)14-13-18-5-3-2-4-6-18/h2-12,16-17,25,31H,13-15H2,1H3. The highest BCUT2D eigenvalue weighted by Crippen LogP contribution is 2.40. The smallest absolute Gasteiger partial charge is 0.295 e. The highest BCUT2D eigenvalue weighted by molar-refractivity contribution is 6.46. The van der Waals surface area contributed by atoms with Gasteiger partial charge in [-0.15, -0.1) is 0 Å². The van der Waals surface area contributed by atoms with Crippen LogP contribution in [0.5, 0.6) is 5.75 Å². The first-order valence-corrected chi connectivity index (χ1v) is 11.3. The predicted molar refractivity (Wildman–Crippen MR) is 126 cm³/mol. The van der Waals surface area contributed by atoms with E-state index in [0.717, 1.165) is 16.9 Å². The van der Waals surface area contributed by atoms with Crippen LogP contribution in [0.1, 0.15) is 35.2 Å². The molecule has 0 aromatic heterocycles. The van der Waals surface area contributed by atoms with Crippen LogP contribution in [0.3, 0.4) is 0 Å². The van der Waals surface area contributed by atoms with Gasteiger partial charge in [0.1, 0.15) is 23.4 Å². The van der Waals surface area contributed by atoms with Gasteiger partial charge in [0.15, 0.2) is 0 Å². The van der Waals surface area contributed by atoms with Gasteiger partial charge in [0.05, 0.1) is 11.6 Å². The third kappa shape index (κ3) is 3.96. The zero-order valence-corrected chi connectivity index (χ0v) is 18.7. The highest BCUT2D eigenvalue weighted by Gasteiger charge is 2.45. The van der Waals surface area contributed by atoms with Gasteiger partial charge in [-0.2, -0.15) is 0 Å². The molecule has 34 heavy (non-hydrogen) atoms. The third-order valence-corrected chi connectivity index (χ3v) is 6.38. The van der Waals surface area contributed by atoms with E-state index >= 15 is 0 Å². The van der Waals surface area contributed by atoms with Crippen LogP contribution in [-0.4, -0.2) is 34.3 Å². The number of carbonyl (C=O) groups is 2. The number of benzene rings is 3. The number of nitrogens with zero attached hydrogens (tertiary/aromatic N) is 1. The van der Waals surface area contributed by atoms with Gasteiger partial charge in [-0.3, -0.25) is 9.59 Å². The number of carbonyl (C=O) groups excluding carboxylic acids is 2. The van der Waals surface area contributed by atoms with E-state index in [2.05, 4.69) is 0 Å². The number of likely N-dealkylation sites (tertiary alicyclic amines) is 1. The molecule has 1 saturated heterocycles. The topological polar surface area (TPSA) is 66.8 Å². The summed E-state index contributed by atoms with van der Waals surface area (Å²) in [6.07, 6.45) is 1.28. The number of fused-ring (bicyclic) bond motifs is 1. The van der Waals surface area contributed by atoms with E-state index in [9.17, 15) is 19.1 Å². The Morgan fingerprint density at radius 3 is 2.53 bits per heavy atom. The number of ether oxygens (including phenoxy) is 1. The monoisotopic (exact) mass is 457 g/mol. The number of aliphatic hydroxyl groups is 1. The Morgan fingerprint density at radius 1 is 1.06 bits per heavy atom. The van der Waals surface area contributed by atoms with Crippen molar-refractivity contribution in [3.05, 3.63) is 106 Å². The fourth-order valence-electron chi connectivity index (χ4n) is 4.72. The van der Waals surface area contributed by atoms with Crippen LogP contribution in [0.25, 0.3) is 5.76 Å². The normalized spacial score (nSPS) is 20.9. The van der Waals surface area contributed by atoms with Gasteiger partial charge in [-0.05, 0) is 60.4 Å². The van der Waals surface area contributed by atoms with Crippen LogP contribution in [0.4, 0.5) is 4.39 Å². The molecule has 5 rings (SSSR count). The van der Waals surface area contributed by atoms with Crippen molar-refractivity contribution in [3.8, 4) is 5.75 Å². The van der Waals surface area contributed by atoms with Gasteiger partial charge in [0.25, 0.3) is 11.7 Å². The first kappa shape index (κ1) is 21.9. The van der Waals surface area contributed by atoms with Crippen LogP contribution in [0.15, 0.2) is 78.4 Å². The van der Waals surface area contributed by atoms with Gasteiger partial charge in [0, 0.05) is 18.5 Å². The van der Waals surface area contributed by atoms with Gasteiger partial charge >= 0.3 is 0 Å². The van der Waals surface area contributed by atoms with Gasteiger partial charge in [0.2, 0.25) is 0 Å². The molecule has 0 saturated carbocycles. The van der Waals surface area contributed by atoms with Crippen molar-refractivity contribution in [2.75, 3.05) is 6.54 Å². The first-order chi connectivity index (χ1) is 16.4. The van der Waals surface area contributed by atoms with Crippen molar-refractivity contribution in [3.63, 3.8) is 0 Å². The molecule has 0 bridgehead atoms. The number of hydrogen-bond donors (Lipinski definition) is 1. The lowest BCUT2D eigenvalue weighted by atomic mass is 9.94. The molecule has 6 heteroatoms. The lowest BCUT2D eigenvalue weighted by Gasteiger charge is -2.25. The molecule has 2 heterocycles. The summed E-state index contributed by atoms with van der Waals surface area (Å²) < 4.78 is 19.4. The molecule has 1 fully saturated rings. The maximum absolute atomic E-state index is 13.7. The number of aliphatic hydroxyl groups excluding tert-OH is 1. The minimum Gasteiger partial charge on any atom is -0.507 e. The Bertz CT molecular complexity index is 1280. The van der Waals surface area contributed by atoms with E-state index in [-0.39, 0.29) is 24.0 Å². The summed E-state index contributed by atoms with van der Waals surface area (Å²) in [5.74, 6) is -1.33. The van der Waals surface area contributed by atoms with Crippen LogP contribution in [-0.2, 0) is 22.4 Å². The number of rotatable bonds is 5. The number of Topliss-reactive ketones (excluding diaryl/α,β-unsaturated/α-hetero) is 1. The van der Waals surface area contributed by atoms with E-state index in [1.165, 1.54) is 17.0 Å². The molecule has 1 N–H and O–H groups in total. The lowest BCUT2D eigenvalue weighted by molar-refractivity contribution is -0.139. The number of halogens is 1. The Balaban J connectivity index is 1.57. The Labute approximate surface area is 197 Å². The molecule has 3 aromatic carbocycles. The minimum atomic E-state index is -0.812. The summed E-state index contributed by atoms with van der Waals surface area (Å²) in [6.45, 7) is 2.25. The molecule has 3 aromatic rings. The molecule has 172 valence electrons. The zero-order valence-electron chi connectivity index (χ0n) is 18.7. The average molecular weight is 458 g/mol. The summed E-state index contributed by atoms with van der Waals surface area (Å²) in [7, 11) is 0. The maximum atomic E-state index is 13.7. The fourth-order valence-corrected chi connectivity index (χ4v) is 4.72. The Morgan fingerprint density at radius 2 is 1.79 bits per heavy atom. The summed E-state index contributed by atoms with van der Waals surface area (Å²) in [5, 5.41) is 11.3. The lowest BCUT2D eigenvalue weighted by Crippen LogP contribution is -2.31. The summed E-state index contributed by atoms with van der Waals surface area (Å²) in [4.78, 5) is 27.7. The van der Waals surface area contributed by atoms with Crippen molar-refractivity contribution >= 4 is 17.4 Å². The Kier molecular flexibility index (Phi) is 5.65. The zero-order chi connectivity index (χ0) is 23.8. The van der Waals surface area contributed by atoms with Gasteiger partial charge in [-0.25, -0.2) is 4.39 Å². The molecular formula is C28H24FNO4.